The number of halogens is 3. The minimum Gasteiger partial charge on any atom is -0.478 e. The van der Waals surface area contributed by atoms with Gasteiger partial charge in [0.1, 0.15) is 0 Å². The van der Waals surface area contributed by atoms with Crippen LogP contribution in [0.2, 0.25) is 0 Å². The lowest BCUT2D eigenvalue weighted by Crippen LogP contribution is -2.43. The van der Waals surface area contributed by atoms with Gasteiger partial charge in [-0.2, -0.15) is 13.2 Å². The van der Waals surface area contributed by atoms with E-state index in [-0.39, 0.29) is 24.9 Å². The molecule has 0 aliphatic heterocycles. The molecule has 1 aliphatic rings. The molecule has 2 rings (SSSR count). The second-order valence-electron chi connectivity index (χ2n) is 6.24. The average molecular weight is 343 g/mol. The summed E-state index contributed by atoms with van der Waals surface area (Å²) < 4.78 is 39.4. The largest absolute Gasteiger partial charge is 0.478 e. The van der Waals surface area contributed by atoms with Gasteiger partial charge < -0.3 is 10.0 Å². The molecule has 0 heterocycles. The second kappa shape index (κ2) is 7.23. The molecule has 0 bridgehead atoms. The average Bonchev–Trinajstić information content (AvgIpc) is 2.53. The van der Waals surface area contributed by atoms with Crippen molar-refractivity contribution in [1.82, 2.24) is 4.90 Å². The van der Waals surface area contributed by atoms with Crippen LogP contribution in [0.5, 0.6) is 0 Å². The van der Waals surface area contributed by atoms with E-state index in [2.05, 4.69) is 0 Å². The Bertz CT molecular complexity index is 598. The lowest BCUT2D eigenvalue weighted by Gasteiger charge is -2.34. The number of nitrogens with zero attached hydrogens (tertiary/aromatic N) is 1. The summed E-state index contributed by atoms with van der Waals surface area (Å²) in [5, 5.41) is 8.85. The van der Waals surface area contributed by atoms with Crippen LogP contribution >= 0.6 is 0 Å². The first-order chi connectivity index (χ1) is 11.2. The normalized spacial score (nSPS) is 21.3. The van der Waals surface area contributed by atoms with Crippen molar-refractivity contribution in [3.05, 3.63) is 35.4 Å². The van der Waals surface area contributed by atoms with E-state index in [1.54, 1.807) is 12.1 Å². The molecule has 132 valence electrons. The first-order valence-electron chi connectivity index (χ1n) is 7.84. The fourth-order valence-corrected chi connectivity index (χ4v) is 3.21. The Morgan fingerprint density at radius 3 is 2.29 bits per heavy atom. The summed E-state index contributed by atoms with van der Waals surface area (Å²) in [7, 11) is 1.48. The number of amides is 1. The van der Waals surface area contributed by atoms with E-state index in [4.69, 9.17) is 5.11 Å². The quantitative estimate of drug-likeness (QED) is 0.907. The van der Waals surface area contributed by atoms with E-state index in [1.165, 1.54) is 24.1 Å². The Morgan fingerprint density at radius 2 is 1.75 bits per heavy atom. The minimum atomic E-state index is -4.36. The summed E-state index contributed by atoms with van der Waals surface area (Å²) in [6.07, 6.45) is -2.98. The molecule has 2 atom stereocenters. The fourth-order valence-electron chi connectivity index (χ4n) is 3.21. The maximum absolute atomic E-state index is 13.1. The first kappa shape index (κ1) is 18.3. The van der Waals surface area contributed by atoms with Gasteiger partial charge in [-0.1, -0.05) is 25.0 Å². The molecule has 1 fully saturated rings. The zero-order valence-electron chi connectivity index (χ0n) is 13.3. The Kier molecular flexibility index (Phi) is 5.51. The summed E-state index contributed by atoms with van der Waals surface area (Å²) in [5.41, 5.74) is 0.798. The number of carbonyl (C=O) groups is 2. The third-order valence-corrected chi connectivity index (χ3v) is 4.50. The highest BCUT2D eigenvalue weighted by molar-refractivity contribution is 5.87. The monoisotopic (exact) mass is 343 g/mol. The van der Waals surface area contributed by atoms with Crippen LogP contribution in [0.15, 0.2) is 24.3 Å². The van der Waals surface area contributed by atoms with Crippen molar-refractivity contribution in [2.24, 2.45) is 11.8 Å². The van der Waals surface area contributed by atoms with Crippen LogP contribution in [0.3, 0.4) is 0 Å². The molecule has 1 aliphatic carbocycles. The van der Waals surface area contributed by atoms with Crippen molar-refractivity contribution in [1.29, 1.82) is 0 Å². The molecule has 4 nitrogen and oxygen atoms in total. The third kappa shape index (κ3) is 4.27. The van der Waals surface area contributed by atoms with Gasteiger partial charge in [0.25, 0.3) is 0 Å². The number of hydrogen-bond donors (Lipinski definition) is 1. The molecule has 1 aromatic carbocycles. The van der Waals surface area contributed by atoms with E-state index in [9.17, 15) is 22.8 Å². The predicted molar refractivity (Wildman–Crippen MR) is 81.4 cm³/mol. The first-order valence-corrected chi connectivity index (χ1v) is 7.84. The van der Waals surface area contributed by atoms with Crippen molar-refractivity contribution in [3.63, 3.8) is 0 Å². The van der Waals surface area contributed by atoms with Crippen LogP contribution in [0.25, 0.3) is 0 Å². The summed E-state index contributed by atoms with van der Waals surface area (Å²) in [6.45, 7) is 0.153. The Labute approximate surface area is 138 Å². The Morgan fingerprint density at radius 1 is 1.17 bits per heavy atom. The van der Waals surface area contributed by atoms with E-state index < -0.39 is 29.9 Å². The molecule has 0 spiro atoms. The Balaban J connectivity index is 2.06. The number of carboxylic acids is 1. The predicted octanol–water partition coefficient (Wildman–Crippen LogP) is 3.71. The maximum atomic E-state index is 13.1. The highest BCUT2D eigenvalue weighted by atomic mass is 19.4. The van der Waals surface area contributed by atoms with Crippen LogP contribution in [-0.2, 0) is 11.3 Å². The molecule has 1 amide bonds. The topological polar surface area (TPSA) is 57.6 Å². The minimum absolute atomic E-state index is 0.00105. The molecule has 1 N–H and O–H groups in total. The van der Waals surface area contributed by atoms with Gasteiger partial charge >= 0.3 is 12.1 Å². The highest BCUT2D eigenvalue weighted by Crippen LogP contribution is 2.42. The van der Waals surface area contributed by atoms with Crippen LogP contribution in [0, 0.1) is 11.8 Å². The molecule has 0 unspecified atom stereocenters. The molecular weight excluding hydrogens is 323 g/mol. The van der Waals surface area contributed by atoms with Crippen LogP contribution in [0.1, 0.15) is 41.6 Å². The smallest absolute Gasteiger partial charge is 0.392 e. The van der Waals surface area contributed by atoms with E-state index >= 15 is 0 Å². The number of carboxylic acid groups (broad SMARTS) is 1. The summed E-state index contributed by atoms with van der Waals surface area (Å²) in [5.74, 6) is -4.15. The van der Waals surface area contributed by atoms with Crippen molar-refractivity contribution in [2.45, 2.75) is 38.4 Å². The van der Waals surface area contributed by atoms with E-state index in [0.717, 1.165) is 0 Å². The van der Waals surface area contributed by atoms with Gasteiger partial charge in [-0.15, -0.1) is 0 Å². The number of benzene rings is 1. The van der Waals surface area contributed by atoms with Crippen molar-refractivity contribution < 1.29 is 27.9 Å². The highest BCUT2D eigenvalue weighted by Gasteiger charge is 2.48. The third-order valence-electron chi connectivity index (χ3n) is 4.50. The van der Waals surface area contributed by atoms with Gasteiger partial charge in [-0.25, -0.2) is 4.79 Å². The number of carbonyl (C=O) groups excluding carboxylic acids is 1. The maximum Gasteiger partial charge on any atom is 0.392 e. The number of hydrogen-bond acceptors (Lipinski definition) is 2. The van der Waals surface area contributed by atoms with Crippen molar-refractivity contribution >= 4 is 11.9 Å². The molecule has 0 radical (unpaired) electrons. The van der Waals surface area contributed by atoms with Gasteiger partial charge in [0.05, 0.1) is 11.5 Å². The standard InChI is InChI=1S/C17H20F3NO3/c1-21(10-11-6-8-12(9-7-11)16(23)24)15(22)13-4-2-3-5-14(13)17(18,19)20/h6-9,13-14H,2-5,10H2,1H3,(H,23,24)/t13-,14-/m1/s1. The molecule has 7 heteroatoms. The zero-order chi connectivity index (χ0) is 17.9. The van der Waals surface area contributed by atoms with E-state index in [1.807, 2.05) is 0 Å². The lowest BCUT2D eigenvalue weighted by molar-refractivity contribution is -0.200. The van der Waals surface area contributed by atoms with E-state index in [0.29, 0.717) is 18.4 Å². The second-order valence-corrected chi connectivity index (χ2v) is 6.24. The molecule has 24 heavy (non-hydrogen) atoms. The van der Waals surface area contributed by atoms with Crippen LogP contribution in [-0.4, -0.2) is 35.1 Å². The SMILES string of the molecule is CN(Cc1ccc(C(=O)O)cc1)C(=O)[C@@H]1CCCC[C@H]1C(F)(F)F. The molecule has 0 saturated heterocycles. The lowest BCUT2D eigenvalue weighted by atomic mass is 9.78. The summed E-state index contributed by atoms with van der Waals surface area (Å²) in [6, 6.07) is 5.95. The number of rotatable bonds is 4. The molecule has 1 aromatic rings. The molecule has 1 saturated carbocycles. The number of alkyl halides is 3. The van der Waals surface area contributed by atoms with Crippen LogP contribution < -0.4 is 0 Å². The van der Waals surface area contributed by atoms with Gasteiger partial charge in [0, 0.05) is 19.5 Å². The van der Waals surface area contributed by atoms with Crippen LogP contribution in [0.4, 0.5) is 13.2 Å². The Hall–Kier alpha value is -2.05. The van der Waals surface area contributed by atoms with Gasteiger partial charge in [0.2, 0.25) is 5.91 Å². The zero-order valence-corrected chi connectivity index (χ0v) is 13.3. The van der Waals surface area contributed by atoms with Gasteiger partial charge in [-0.05, 0) is 30.5 Å². The number of aromatic carboxylic acids is 1. The van der Waals surface area contributed by atoms with Crippen molar-refractivity contribution in [2.75, 3.05) is 7.05 Å². The molecular formula is C17H20F3NO3. The van der Waals surface area contributed by atoms with Crippen molar-refractivity contribution in [3.8, 4) is 0 Å². The fraction of sp³-hybridized carbons (Fsp3) is 0.529. The summed E-state index contributed by atoms with van der Waals surface area (Å²) in [4.78, 5) is 24.6. The summed E-state index contributed by atoms with van der Waals surface area (Å²) >= 11 is 0. The van der Waals surface area contributed by atoms with Gasteiger partial charge in [0.15, 0.2) is 0 Å². The van der Waals surface area contributed by atoms with Gasteiger partial charge in [-0.3, -0.25) is 4.79 Å². The molecule has 0 aromatic heterocycles.